The summed E-state index contributed by atoms with van der Waals surface area (Å²) in [6.07, 6.45) is 4.00. The van der Waals surface area contributed by atoms with Crippen LogP contribution in [0.1, 0.15) is 30.8 Å². The molecule has 138 valence electrons. The van der Waals surface area contributed by atoms with Crippen molar-refractivity contribution in [1.29, 1.82) is 0 Å². The van der Waals surface area contributed by atoms with E-state index in [0.29, 0.717) is 30.7 Å². The summed E-state index contributed by atoms with van der Waals surface area (Å²) in [5.41, 5.74) is 1.57. The van der Waals surface area contributed by atoms with Gasteiger partial charge in [-0.05, 0) is 43.2 Å². The van der Waals surface area contributed by atoms with Gasteiger partial charge < -0.3 is 0 Å². The van der Waals surface area contributed by atoms with Gasteiger partial charge in [-0.3, -0.25) is 14.2 Å². The van der Waals surface area contributed by atoms with Crippen LogP contribution in [0.5, 0.6) is 0 Å². The molecule has 0 aliphatic heterocycles. The van der Waals surface area contributed by atoms with Crippen LogP contribution in [0, 0.1) is 5.82 Å². The van der Waals surface area contributed by atoms with E-state index in [0.717, 1.165) is 5.56 Å². The molecular formula is C22H21FN2O2. The van der Waals surface area contributed by atoms with Crippen molar-refractivity contribution in [2.45, 2.75) is 33.2 Å². The van der Waals surface area contributed by atoms with Crippen LogP contribution < -0.4 is 5.56 Å². The molecule has 0 unspecified atom stereocenters. The van der Waals surface area contributed by atoms with Crippen molar-refractivity contribution in [1.82, 2.24) is 9.55 Å². The molecule has 0 spiro atoms. The Labute approximate surface area is 157 Å². The zero-order chi connectivity index (χ0) is 19.4. The van der Waals surface area contributed by atoms with Crippen molar-refractivity contribution in [3.8, 4) is 0 Å². The first-order valence-corrected chi connectivity index (χ1v) is 8.95. The second kappa shape index (κ2) is 8.08. The highest BCUT2D eigenvalue weighted by Crippen LogP contribution is 2.18. The number of nitrogens with zero attached hydrogens (tertiary/aromatic N) is 2. The molecule has 0 saturated carbocycles. The molecular weight excluding hydrogens is 343 g/mol. The molecule has 0 aliphatic rings. The maximum absolute atomic E-state index is 14.4. The minimum atomic E-state index is -0.544. The number of carbonyl (C=O) groups excluding carboxylic acids is 1. The van der Waals surface area contributed by atoms with Crippen molar-refractivity contribution in [3.05, 3.63) is 81.7 Å². The summed E-state index contributed by atoms with van der Waals surface area (Å²) in [4.78, 5) is 28.6. The van der Waals surface area contributed by atoms with E-state index in [4.69, 9.17) is 0 Å². The highest BCUT2D eigenvalue weighted by atomic mass is 19.1. The Hall–Kier alpha value is -3.08. The van der Waals surface area contributed by atoms with Crippen LogP contribution in [0.2, 0.25) is 0 Å². The summed E-state index contributed by atoms with van der Waals surface area (Å²) in [5, 5.41) is 0.248. The average molecular weight is 364 g/mol. The average Bonchev–Trinajstić information content (AvgIpc) is 2.66. The number of halogens is 1. The number of hydrogen-bond donors (Lipinski definition) is 0. The zero-order valence-corrected chi connectivity index (χ0v) is 15.4. The van der Waals surface area contributed by atoms with Crippen LogP contribution in [0.3, 0.4) is 0 Å². The van der Waals surface area contributed by atoms with Crippen molar-refractivity contribution < 1.29 is 9.18 Å². The molecule has 0 atom stereocenters. The third-order valence-electron chi connectivity index (χ3n) is 4.43. The molecule has 1 aromatic heterocycles. The molecule has 4 nitrogen and oxygen atoms in total. The molecule has 3 aromatic rings. The normalized spacial score (nSPS) is 11.4. The SMILES string of the molecule is CCc1nc2cc(/C=C/C(C)=O)c(F)cc2c(=O)n1CCc1ccccc1. The molecule has 2 aromatic carbocycles. The van der Waals surface area contributed by atoms with E-state index >= 15 is 0 Å². The standard InChI is InChI=1S/C22H21FN2O2/c1-3-21-24-20-13-17(10-9-15(2)26)19(23)14-18(20)22(27)25(21)12-11-16-7-5-4-6-8-16/h4-10,13-14H,3,11-12H2,1-2H3/b10-9+. The van der Waals surface area contributed by atoms with Crippen molar-refractivity contribution in [3.63, 3.8) is 0 Å². The van der Waals surface area contributed by atoms with E-state index in [-0.39, 0.29) is 22.3 Å². The number of hydrogen-bond acceptors (Lipinski definition) is 3. The van der Waals surface area contributed by atoms with E-state index in [1.807, 2.05) is 37.3 Å². The number of fused-ring (bicyclic) bond motifs is 1. The maximum atomic E-state index is 14.4. The van der Waals surface area contributed by atoms with Gasteiger partial charge in [-0.15, -0.1) is 0 Å². The van der Waals surface area contributed by atoms with Crippen LogP contribution >= 0.6 is 0 Å². The fourth-order valence-corrected chi connectivity index (χ4v) is 3.02. The van der Waals surface area contributed by atoms with Gasteiger partial charge in [0.15, 0.2) is 5.78 Å². The molecule has 3 rings (SSSR count). The molecule has 0 N–H and O–H groups in total. The minimum Gasteiger partial charge on any atom is -0.296 e. The molecule has 0 amide bonds. The Balaban J connectivity index is 2.05. The fourth-order valence-electron chi connectivity index (χ4n) is 3.02. The number of allylic oxidation sites excluding steroid dienone is 1. The summed E-state index contributed by atoms with van der Waals surface area (Å²) < 4.78 is 16.0. The van der Waals surface area contributed by atoms with Gasteiger partial charge in [0, 0.05) is 18.5 Å². The van der Waals surface area contributed by atoms with Crippen molar-refractivity contribution >= 4 is 22.8 Å². The first-order chi connectivity index (χ1) is 13.0. The van der Waals surface area contributed by atoms with Crippen LogP contribution in [0.25, 0.3) is 17.0 Å². The molecule has 1 heterocycles. The van der Waals surface area contributed by atoms with E-state index in [9.17, 15) is 14.0 Å². The van der Waals surface area contributed by atoms with E-state index in [2.05, 4.69) is 4.98 Å². The van der Waals surface area contributed by atoms with Gasteiger partial charge in [0.05, 0.1) is 10.9 Å². The lowest BCUT2D eigenvalue weighted by Gasteiger charge is -2.13. The van der Waals surface area contributed by atoms with Crippen LogP contribution in [-0.4, -0.2) is 15.3 Å². The number of aromatic nitrogens is 2. The van der Waals surface area contributed by atoms with Crippen LogP contribution in [0.4, 0.5) is 4.39 Å². The van der Waals surface area contributed by atoms with E-state index in [1.54, 1.807) is 4.57 Å². The van der Waals surface area contributed by atoms with Gasteiger partial charge in [0.25, 0.3) is 5.56 Å². The quantitative estimate of drug-likeness (QED) is 0.623. The number of carbonyl (C=O) groups is 1. The van der Waals surface area contributed by atoms with Crippen molar-refractivity contribution in [2.24, 2.45) is 0 Å². The number of rotatable bonds is 6. The van der Waals surface area contributed by atoms with Gasteiger partial charge in [-0.1, -0.05) is 37.3 Å². The summed E-state index contributed by atoms with van der Waals surface area (Å²) >= 11 is 0. The molecule has 0 bridgehead atoms. The maximum Gasteiger partial charge on any atom is 0.261 e. The predicted molar refractivity (Wildman–Crippen MR) is 105 cm³/mol. The topological polar surface area (TPSA) is 52.0 Å². The summed E-state index contributed by atoms with van der Waals surface area (Å²) in [6, 6.07) is 12.6. The van der Waals surface area contributed by atoms with E-state index < -0.39 is 5.82 Å². The van der Waals surface area contributed by atoms with Crippen LogP contribution in [0.15, 0.2) is 53.3 Å². The fraction of sp³-hybridized carbons (Fsp3) is 0.227. The highest BCUT2D eigenvalue weighted by molar-refractivity contribution is 5.92. The lowest BCUT2D eigenvalue weighted by atomic mass is 10.1. The van der Waals surface area contributed by atoms with Gasteiger partial charge in [0.1, 0.15) is 11.6 Å². The largest absolute Gasteiger partial charge is 0.296 e. The Kier molecular flexibility index (Phi) is 5.60. The lowest BCUT2D eigenvalue weighted by Crippen LogP contribution is -2.26. The van der Waals surface area contributed by atoms with E-state index in [1.165, 1.54) is 31.2 Å². The lowest BCUT2D eigenvalue weighted by molar-refractivity contribution is -0.112. The highest BCUT2D eigenvalue weighted by Gasteiger charge is 2.13. The first kappa shape index (κ1) is 18.7. The second-order valence-corrected chi connectivity index (χ2v) is 6.41. The molecule has 0 saturated heterocycles. The third kappa shape index (κ3) is 4.19. The Morgan fingerprint density at radius 2 is 1.96 bits per heavy atom. The molecule has 0 aliphatic carbocycles. The Morgan fingerprint density at radius 1 is 1.22 bits per heavy atom. The van der Waals surface area contributed by atoms with Gasteiger partial charge in [-0.25, -0.2) is 9.37 Å². The van der Waals surface area contributed by atoms with Gasteiger partial charge in [0.2, 0.25) is 0 Å². The van der Waals surface area contributed by atoms with Gasteiger partial charge >= 0.3 is 0 Å². The minimum absolute atomic E-state index is 0.173. The zero-order valence-electron chi connectivity index (χ0n) is 15.4. The monoisotopic (exact) mass is 364 g/mol. The first-order valence-electron chi connectivity index (χ1n) is 8.95. The second-order valence-electron chi connectivity index (χ2n) is 6.41. The molecule has 27 heavy (non-hydrogen) atoms. The van der Waals surface area contributed by atoms with Crippen molar-refractivity contribution in [2.75, 3.05) is 0 Å². The molecule has 5 heteroatoms. The Bertz CT molecular complexity index is 1070. The Morgan fingerprint density at radius 3 is 2.63 bits per heavy atom. The third-order valence-corrected chi connectivity index (χ3v) is 4.43. The van der Waals surface area contributed by atoms with Gasteiger partial charge in [-0.2, -0.15) is 0 Å². The number of benzene rings is 2. The summed E-state index contributed by atoms with van der Waals surface area (Å²) in [5.74, 6) is -0.0534. The molecule has 0 fully saturated rings. The van der Waals surface area contributed by atoms with Crippen LogP contribution in [-0.2, 0) is 24.2 Å². The smallest absolute Gasteiger partial charge is 0.261 e. The molecule has 0 radical (unpaired) electrons. The number of aryl methyl sites for hydroxylation is 2. The number of ketones is 1. The summed E-state index contributed by atoms with van der Waals surface area (Å²) in [7, 11) is 0. The predicted octanol–water partition coefficient (Wildman–Crippen LogP) is 3.94. The summed E-state index contributed by atoms with van der Waals surface area (Å²) in [6.45, 7) is 3.82.